The van der Waals surface area contributed by atoms with Crippen molar-refractivity contribution in [1.82, 2.24) is 0 Å². The van der Waals surface area contributed by atoms with E-state index < -0.39 is 13.0 Å². The Morgan fingerprint density at radius 2 is 2.55 bits per heavy atom. The predicted octanol–water partition coefficient (Wildman–Crippen LogP) is 1.18. The fraction of sp³-hybridized carbons (Fsp3) is 0.125. The van der Waals surface area contributed by atoms with Crippen LogP contribution >= 0.6 is 0 Å². The van der Waals surface area contributed by atoms with Gasteiger partial charge in [0.25, 0.3) is 0 Å². The van der Waals surface area contributed by atoms with Crippen LogP contribution in [0, 0.1) is 0 Å². The molecule has 0 bridgehead atoms. The average Bonchev–Trinajstić information content (AvgIpc) is 2.03. The van der Waals surface area contributed by atoms with Gasteiger partial charge < -0.3 is 9.84 Å². The third-order valence-corrected chi connectivity index (χ3v) is 1.19. The molecule has 0 fully saturated rings. The first kappa shape index (κ1) is 5.18. The maximum absolute atomic E-state index is 11.0. The molecule has 1 aromatic rings. The summed E-state index contributed by atoms with van der Waals surface area (Å²) in [4.78, 5) is 11.0. The van der Waals surface area contributed by atoms with Crippen LogP contribution in [-0.2, 0) is 4.74 Å². The van der Waals surface area contributed by atoms with Gasteiger partial charge in [-0.25, -0.2) is 4.79 Å². The number of rotatable bonds is 1. The third kappa shape index (κ3) is 1.70. The van der Waals surface area contributed by atoms with E-state index in [2.05, 4.69) is 4.74 Å². The quantitative estimate of drug-likeness (QED) is 0.618. The Morgan fingerprint density at radius 3 is 3.18 bits per heavy atom. The van der Waals surface area contributed by atoms with E-state index in [-0.39, 0.29) is 11.3 Å². The van der Waals surface area contributed by atoms with Crippen LogP contribution in [0.1, 0.15) is 13.1 Å². The molecule has 0 spiro atoms. The van der Waals surface area contributed by atoms with E-state index in [0.29, 0.717) is 0 Å². The number of benzene rings is 1. The van der Waals surface area contributed by atoms with Crippen LogP contribution in [0.2, 0.25) is 0 Å². The highest BCUT2D eigenvalue weighted by molar-refractivity contribution is 5.89. The predicted molar refractivity (Wildman–Crippen MR) is 39.4 cm³/mol. The Morgan fingerprint density at radius 1 is 1.73 bits per heavy atom. The van der Waals surface area contributed by atoms with E-state index in [1.807, 2.05) is 0 Å². The molecule has 0 aliphatic heterocycles. The van der Waals surface area contributed by atoms with Crippen molar-refractivity contribution in [3.8, 4) is 5.75 Å². The van der Waals surface area contributed by atoms with Gasteiger partial charge in [0.2, 0.25) is 0 Å². The first-order valence-corrected chi connectivity index (χ1v) is 2.94. The molecule has 0 radical (unpaired) electrons. The second-order valence-corrected chi connectivity index (χ2v) is 1.96. The van der Waals surface area contributed by atoms with Crippen molar-refractivity contribution in [2.75, 3.05) is 7.06 Å². The molecule has 0 saturated heterocycles. The Kier molecular flexibility index (Phi) is 1.44. The molecule has 3 nitrogen and oxygen atoms in total. The van der Waals surface area contributed by atoms with Gasteiger partial charge >= 0.3 is 5.97 Å². The zero-order valence-electron chi connectivity index (χ0n) is 7.65. The number of carbonyl (C=O) groups excluding carboxylic acids is 1. The lowest BCUT2D eigenvalue weighted by Crippen LogP contribution is -1.99. The molecule has 0 aromatic heterocycles. The summed E-state index contributed by atoms with van der Waals surface area (Å²) < 4.78 is 17.6. The topological polar surface area (TPSA) is 46.5 Å². The number of ether oxygens (including phenoxy) is 1. The van der Waals surface area contributed by atoms with Crippen LogP contribution in [0.25, 0.3) is 0 Å². The second kappa shape index (κ2) is 3.05. The Labute approximate surface area is 67.0 Å². The van der Waals surface area contributed by atoms with E-state index in [1.54, 1.807) is 0 Å². The highest BCUT2D eigenvalue weighted by Gasteiger charge is 2.03. The minimum atomic E-state index is -1.64. The number of phenolic OH excluding ortho intramolecular Hbond substituents is 1. The zero-order chi connectivity index (χ0) is 9.84. The standard InChI is InChI=1S/C8H8O3/c1-11-8(10)6-3-2-4-7(9)5-6/h2-5,9H,1H3/i1D2. The molecule has 0 unspecified atom stereocenters. The molecule has 0 saturated carbocycles. The summed E-state index contributed by atoms with van der Waals surface area (Å²) in [6.45, 7) is 0. The minimum Gasteiger partial charge on any atom is -0.508 e. The van der Waals surface area contributed by atoms with Crippen molar-refractivity contribution in [2.45, 2.75) is 0 Å². The summed E-state index contributed by atoms with van der Waals surface area (Å²) in [5.41, 5.74) is 0.129. The SMILES string of the molecule is [2H]C([2H])OC(=O)c1cccc(O)c1. The van der Waals surface area contributed by atoms with E-state index in [0.717, 1.165) is 0 Å². The van der Waals surface area contributed by atoms with E-state index in [9.17, 15) is 4.79 Å². The molecule has 0 heterocycles. The summed E-state index contributed by atoms with van der Waals surface area (Å²) in [5, 5.41) is 8.99. The molecule has 0 aliphatic carbocycles. The number of carbonyl (C=O) groups is 1. The largest absolute Gasteiger partial charge is 0.508 e. The van der Waals surface area contributed by atoms with Crippen molar-refractivity contribution in [2.24, 2.45) is 0 Å². The lowest BCUT2D eigenvalue weighted by Gasteiger charge is -1.97. The highest BCUT2D eigenvalue weighted by atomic mass is 16.5. The molecule has 3 heteroatoms. The fourth-order valence-electron chi connectivity index (χ4n) is 0.701. The number of phenols is 1. The molecular weight excluding hydrogens is 144 g/mol. The van der Waals surface area contributed by atoms with Crippen molar-refractivity contribution in [1.29, 1.82) is 0 Å². The smallest absolute Gasteiger partial charge is 0.337 e. The van der Waals surface area contributed by atoms with Crippen molar-refractivity contribution >= 4 is 5.97 Å². The van der Waals surface area contributed by atoms with Crippen molar-refractivity contribution in [3.05, 3.63) is 29.8 Å². The van der Waals surface area contributed by atoms with Gasteiger partial charge in [-0.05, 0) is 18.2 Å². The maximum Gasteiger partial charge on any atom is 0.337 e. The van der Waals surface area contributed by atoms with Crippen LogP contribution in [0.5, 0.6) is 5.75 Å². The summed E-state index contributed by atoms with van der Waals surface area (Å²) in [7, 11) is -1.64. The molecule has 0 amide bonds. The summed E-state index contributed by atoms with van der Waals surface area (Å²) in [6, 6.07) is 5.54. The number of esters is 1. The molecule has 1 rings (SSSR count). The molecule has 0 aliphatic rings. The van der Waals surface area contributed by atoms with Gasteiger partial charge in [0.05, 0.1) is 15.4 Å². The van der Waals surface area contributed by atoms with Gasteiger partial charge in [0, 0.05) is 0 Å². The van der Waals surface area contributed by atoms with Gasteiger partial charge in [-0.1, -0.05) is 6.07 Å². The van der Waals surface area contributed by atoms with Crippen LogP contribution in [0.4, 0.5) is 0 Å². The molecule has 1 aromatic carbocycles. The highest BCUT2D eigenvalue weighted by Crippen LogP contribution is 2.11. The molecule has 11 heavy (non-hydrogen) atoms. The number of methoxy groups -OCH3 is 1. The first-order valence-electron chi connectivity index (χ1n) is 4.09. The van der Waals surface area contributed by atoms with Crippen LogP contribution in [-0.4, -0.2) is 18.1 Å². The lowest BCUT2D eigenvalue weighted by atomic mass is 10.2. The Bertz CT molecular complexity index is 312. The first-order chi connectivity index (χ1) is 6.09. The Hall–Kier alpha value is -1.51. The second-order valence-electron chi connectivity index (χ2n) is 1.96. The monoisotopic (exact) mass is 154 g/mol. The lowest BCUT2D eigenvalue weighted by molar-refractivity contribution is 0.0600. The van der Waals surface area contributed by atoms with Crippen LogP contribution < -0.4 is 0 Å². The van der Waals surface area contributed by atoms with Crippen molar-refractivity contribution < 1.29 is 17.4 Å². The van der Waals surface area contributed by atoms with E-state index in [1.165, 1.54) is 24.3 Å². The van der Waals surface area contributed by atoms with E-state index in [4.69, 9.17) is 7.85 Å². The summed E-state index contributed by atoms with van der Waals surface area (Å²) in [5.74, 6) is -0.841. The average molecular weight is 154 g/mol. The number of hydrogen-bond donors (Lipinski definition) is 1. The minimum absolute atomic E-state index is 0.0547. The van der Waals surface area contributed by atoms with Crippen LogP contribution in [0.3, 0.4) is 0 Å². The molecule has 0 atom stereocenters. The van der Waals surface area contributed by atoms with Gasteiger partial charge in [-0.3, -0.25) is 0 Å². The third-order valence-electron chi connectivity index (χ3n) is 1.19. The van der Waals surface area contributed by atoms with Gasteiger partial charge in [-0.2, -0.15) is 0 Å². The summed E-state index contributed by atoms with van der Waals surface area (Å²) in [6.07, 6.45) is 0. The molecular formula is C8H8O3. The normalized spacial score (nSPS) is 12.1. The maximum atomic E-state index is 11.0. The fourth-order valence-corrected chi connectivity index (χ4v) is 0.701. The number of hydrogen-bond acceptors (Lipinski definition) is 3. The zero-order valence-corrected chi connectivity index (χ0v) is 5.65. The number of aromatic hydroxyl groups is 1. The summed E-state index contributed by atoms with van der Waals surface area (Å²) >= 11 is 0. The van der Waals surface area contributed by atoms with E-state index >= 15 is 0 Å². The van der Waals surface area contributed by atoms with Gasteiger partial charge in [-0.15, -0.1) is 0 Å². The van der Waals surface area contributed by atoms with Crippen LogP contribution in [0.15, 0.2) is 24.3 Å². The van der Waals surface area contributed by atoms with Gasteiger partial charge in [0.15, 0.2) is 0 Å². The Balaban J connectivity index is 2.77. The van der Waals surface area contributed by atoms with Crippen molar-refractivity contribution in [3.63, 3.8) is 0 Å². The van der Waals surface area contributed by atoms with Gasteiger partial charge in [0.1, 0.15) is 5.75 Å². The molecule has 58 valence electrons. The molecule has 1 N–H and O–H groups in total.